The normalized spacial score (nSPS) is 17.1. The van der Waals surface area contributed by atoms with E-state index in [1.54, 1.807) is 0 Å². The van der Waals surface area contributed by atoms with Crippen LogP contribution in [-0.2, 0) is 0 Å². The first-order valence-electron chi connectivity index (χ1n) is 2.80. The third-order valence-corrected chi connectivity index (χ3v) is 1.44. The summed E-state index contributed by atoms with van der Waals surface area (Å²) in [6.07, 6.45) is 3.45. The second-order valence-corrected chi connectivity index (χ2v) is 2.03. The number of hydrogen-bond acceptors (Lipinski definition) is 2. The van der Waals surface area contributed by atoms with Crippen molar-refractivity contribution >= 4 is 0 Å². The van der Waals surface area contributed by atoms with E-state index in [1.807, 2.05) is 0 Å². The van der Waals surface area contributed by atoms with Gasteiger partial charge in [0.15, 0.2) is 0 Å². The van der Waals surface area contributed by atoms with Crippen LogP contribution in [-0.4, -0.2) is 4.92 Å². The summed E-state index contributed by atoms with van der Waals surface area (Å²) in [5, 5.41) is 9.97. The van der Waals surface area contributed by atoms with Crippen molar-refractivity contribution in [3.05, 3.63) is 16.2 Å². The minimum absolute atomic E-state index is 0. The van der Waals surface area contributed by atoms with Crippen LogP contribution in [0.15, 0.2) is 0 Å². The molecule has 0 radical (unpaired) electrons. The Hall–Kier alpha value is -0.133. The van der Waals surface area contributed by atoms with E-state index in [4.69, 9.17) is 0 Å². The van der Waals surface area contributed by atoms with Gasteiger partial charge in [-0.15, -0.1) is 17.8 Å². The topological polar surface area (TPSA) is 43.1 Å². The summed E-state index contributed by atoms with van der Waals surface area (Å²) in [4.78, 5) is 9.73. The Kier molecular flexibility index (Phi) is 3.75. The largest absolute Gasteiger partial charge is 1.00 e. The quantitative estimate of drug-likeness (QED) is 0.181. The third-order valence-electron chi connectivity index (χ3n) is 1.44. The van der Waals surface area contributed by atoms with Crippen LogP contribution in [0.3, 0.4) is 0 Å². The maximum atomic E-state index is 9.97. The predicted molar refractivity (Wildman–Crippen MR) is 28.7 cm³/mol. The Morgan fingerprint density at radius 3 is 2.00 bits per heavy atom. The molecule has 4 heteroatoms. The first-order chi connectivity index (χ1) is 3.80. The second-order valence-electron chi connectivity index (χ2n) is 2.03. The van der Waals surface area contributed by atoms with Crippen LogP contribution in [0.1, 0.15) is 25.7 Å². The molecule has 9 heavy (non-hydrogen) atoms. The van der Waals surface area contributed by atoms with Gasteiger partial charge in [0.1, 0.15) is 0 Å². The van der Waals surface area contributed by atoms with E-state index in [0.717, 1.165) is 12.8 Å². The zero-order valence-corrected chi connectivity index (χ0v) is 5.59. The van der Waals surface area contributed by atoms with E-state index < -0.39 is 0 Å². The molecule has 1 saturated carbocycles. The summed E-state index contributed by atoms with van der Waals surface area (Å²) in [6, 6.07) is 0.519. The van der Waals surface area contributed by atoms with Crippen LogP contribution in [0, 0.1) is 16.2 Å². The van der Waals surface area contributed by atoms with Crippen molar-refractivity contribution < 1.29 is 23.8 Å². The van der Waals surface area contributed by atoms with E-state index in [0.29, 0.717) is 18.9 Å². The molecule has 0 aromatic rings. The van der Waals surface area contributed by atoms with E-state index in [2.05, 4.69) is 0 Å². The fourth-order valence-electron chi connectivity index (χ4n) is 0.966. The molecule has 0 saturated heterocycles. The molecule has 1 aliphatic carbocycles. The number of nitro groups is 1. The van der Waals surface area contributed by atoms with Crippen molar-refractivity contribution in [2.24, 2.45) is 0 Å². The molecule has 1 aliphatic rings. The molecule has 46 valence electrons. The maximum Gasteiger partial charge on any atom is 1.00 e. The van der Waals surface area contributed by atoms with Gasteiger partial charge in [-0.25, -0.2) is 0 Å². The molecule has 0 bridgehead atoms. The van der Waals surface area contributed by atoms with Crippen molar-refractivity contribution in [2.75, 3.05) is 0 Å². The van der Waals surface area contributed by atoms with Crippen molar-refractivity contribution in [1.29, 1.82) is 0 Å². The molecular weight excluding hydrogens is 113 g/mol. The molecule has 0 amide bonds. The summed E-state index contributed by atoms with van der Waals surface area (Å²) < 4.78 is 0. The molecule has 1 fully saturated rings. The standard InChI is InChI=1S/C5H8NO2.Li/c7-6(8)5-3-1-2-4-5;/h1-4H2;/q-1;+1. The summed E-state index contributed by atoms with van der Waals surface area (Å²) in [6.45, 7) is 0. The molecule has 0 aromatic carbocycles. The van der Waals surface area contributed by atoms with E-state index in [-0.39, 0.29) is 23.8 Å². The molecule has 0 spiro atoms. The van der Waals surface area contributed by atoms with Gasteiger partial charge in [-0.3, -0.25) is 10.1 Å². The fourth-order valence-corrected chi connectivity index (χ4v) is 0.966. The molecule has 0 heterocycles. The summed E-state index contributed by atoms with van der Waals surface area (Å²) in [5.74, 6) is 0. The Labute approximate surface area is 66.1 Å². The first-order valence-corrected chi connectivity index (χ1v) is 2.80. The van der Waals surface area contributed by atoms with Crippen LogP contribution in [0.5, 0.6) is 0 Å². The van der Waals surface area contributed by atoms with Gasteiger partial charge in [0, 0.05) is 0 Å². The molecule has 0 atom stereocenters. The predicted octanol–water partition coefficient (Wildman–Crippen LogP) is -1.63. The summed E-state index contributed by atoms with van der Waals surface area (Å²) in [5.41, 5.74) is 0. The van der Waals surface area contributed by atoms with Crippen LogP contribution in [0.4, 0.5) is 0 Å². The van der Waals surface area contributed by atoms with Gasteiger partial charge in [0.05, 0.1) is 0 Å². The van der Waals surface area contributed by atoms with Gasteiger partial charge >= 0.3 is 18.9 Å². The van der Waals surface area contributed by atoms with Gasteiger partial charge in [-0.1, -0.05) is 12.8 Å². The van der Waals surface area contributed by atoms with Crippen LogP contribution >= 0.6 is 0 Å². The Bertz CT molecular complexity index is 101. The van der Waals surface area contributed by atoms with Gasteiger partial charge < -0.3 is 0 Å². The molecule has 0 aliphatic heterocycles. The van der Waals surface area contributed by atoms with Crippen LogP contribution in [0.25, 0.3) is 0 Å². The zero-order valence-electron chi connectivity index (χ0n) is 5.59. The summed E-state index contributed by atoms with van der Waals surface area (Å²) in [7, 11) is 0. The number of hydrogen-bond donors (Lipinski definition) is 0. The van der Waals surface area contributed by atoms with Gasteiger partial charge in [0.2, 0.25) is 0 Å². The van der Waals surface area contributed by atoms with Crippen LogP contribution in [0.2, 0.25) is 0 Å². The van der Waals surface area contributed by atoms with Crippen LogP contribution < -0.4 is 18.9 Å². The number of nitrogens with zero attached hydrogens (tertiary/aromatic N) is 1. The third kappa shape index (κ3) is 2.29. The van der Waals surface area contributed by atoms with Crippen molar-refractivity contribution in [3.8, 4) is 0 Å². The molecule has 1 rings (SSSR count). The van der Waals surface area contributed by atoms with Crippen molar-refractivity contribution in [1.82, 2.24) is 0 Å². The van der Waals surface area contributed by atoms with E-state index in [1.165, 1.54) is 0 Å². The SMILES string of the molecule is O=[N+]([O-])[C-]1CCCC1.[Li+]. The molecule has 3 nitrogen and oxygen atoms in total. The first kappa shape index (κ1) is 8.87. The minimum atomic E-state index is -0.243. The Morgan fingerprint density at radius 2 is 1.78 bits per heavy atom. The fraction of sp³-hybridized carbons (Fsp3) is 0.800. The smallest absolute Gasteiger partial charge is 0.295 e. The van der Waals surface area contributed by atoms with E-state index in [9.17, 15) is 10.1 Å². The van der Waals surface area contributed by atoms with Gasteiger partial charge in [0.25, 0.3) is 0 Å². The number of rotatable bonds is 1. The van der Waals surface area contributed by atoms with Gasteiger partial charge in [-0.05, 0) is 6.04 Å². The molecule has 0 N–H and O–H groups in total. The average Bonchev–Trinajstić information content (AvgIpc) is 2.12. The van der Waals surface area contributed by atoms with Crippen molar-refractivity contribution in [2.45, 2.75) is 25.7 Å². The van der Waals surface area contributed by atoms with Gasteiger partial charge in [-0.2, -0.15) is 0 Å². The zero-order chi connectivity index (χ0) is 5.98. The summed E-state index contributed by atoms with van der Waals surface area (Å²) >= 11 is 0. The molecular formula is C5H8LiNO2. The monoisotopic (exact) mass is 121 g/mol. The maximum absolute atomic E-state index is 9.97. The molecule has 0 aromatic heterocycles. The Balaban J connectivity index is 0.000000640. The molecule has 0 unspecified atom stereocenters. The average molecular weight is 121 g/mol. The minimum Gasteiger partial charge on any atom is -0.295 e. The van der Waals surface area contributed by atoms with E-state index >= 15 is 0 Å². The van der Waals surface area contributed by atoms with Crippen molar-refractivity contribution in [3.63, 3.8) is 0 Å². The second kappa shape index (κ2) is 3.81. The Morgan fingerprint density at radius 1 is 1.33 bits per heavy atom.